The summed E-state index contributed by atoms with van der Waals surface area (Å²) >= 11 is 17.6. The number of piperidine rings is 1. The number of rotatable bonds is 5. The SMILES string of the molecule is CC(=O)N1CCC(CC(=O)N2CCN(C(c3ccc(Cl)cc3)c3ccsc3)C[C@@H]2C(C)(C)C)CC1.S=S=S=S=S=S=S=S=S=S=S=S=S=S=S=S=S=S=S=S=S=S=S=S=S=S=S=S=S=S=S=S=S=S=S=S=S=S=S=S=S=S=S=S=S=S=S=S=S=S=S=S=S=S=S=S=S=S=S=S=S=S=S=S=S=S=S=S=S=S=S=S=S=S=S=S=S=S=S=S=S=S=S=S=S=S=S=S=S=S=S=S=S=S=S=S=S=S=S=S=S=S=S=S=S=S=S=S=S=S=S=S=S=S=S. The zero-order valence-corrected chi connectivity index (χ0v) is 164. The summed E-state index contributed by atoms with van der Waals surface area (Å²) in [5, 5.41) is 5.11. The van der Waals surface area contributed by atoms with Gasteiger partial charge in [0, 0.05) is 1080 Å². The maximum atomic E-state index is 13.6. The van der Waals surface area contributed by atoms with Crippen molar-refractivity contribution in [3.05, 3.63) is 57.2 Å². The monoisotopic (exact) mass is 4190 g/mol. The second-order valence-electron chi connectivity index (χ2n) is 18.8. The molecule has 2 aromatic rings. The van der Waals surface area contributed by atoms with Gasteiger partial charge in [-0.2, -0.15) is 11.3 Å². The summed E-state index contributed by atoms with van der Waals surface area (Å²) in [7, 11) is 205. The van der Waals surface area contributed by atoms with Gasteiger partial charge in [0.15, 0.2) is 0 Å². The standard InChI is InChI=1S/C28H38ClN3O2S.S115/c1-20(33)30-12-9-21(10-13-30)17-26(34)32-15-14-31(18-25(32)28(2,3)4)27(23-11-16-35-19-23)22-5-7-24(29)8-6-22;1-3-5-7-9-11-13-15-17-19-21-23-25-27-29-31-33-35-37-39-41-43-45-47-49-51-53-55-57-59-61-63-65-67-69-71-73-75-77-79-81-83-85-87-89-91-93-95-97-99-101-103-105-107-109-111-113-115-114-112-110-108-106-104-102-100-98-96-94-92-90-88-86-84-82-80-78-76-74-72-70-68-66-64-62-60-58-56-54-52-50-48-46-44-42-40-38-36-34-32-30-28-26-24-22-20-18-16-14-12-10-8-6-4-2/h5-8,11,16,19,21,25,27H,9-10,12-15,17-18H2,1-4H3;/t25-,27?;/m1./s1. The number of hydrogen-bond acceptors (Lipinski definition) is 6. The predicted octanol–water partition coefficient (Wildman–Crippen LogP) is 5.42. The Morgan fingerprint density at radius 3 is 0.607 bits per heavy atom. The first-order valence-corrected chi connectivity index (χ1v) is 185. The summed E-state index contributed by atoms with van der Waals surface area (Å²) in [6, 6.07) is 10.7. The van der Waals surface area contributed by atoms with Gasteiger partial charge in [0.1, 0.15) is 0 Å². The highest BCUT2D eigenvalue weighted by Gasteiger charge is 2.41. The van der Waals surface area contributed by atoms with E-state index in [1.165, 1.54) is 28.9 Å². The Bertz CT molecular complexity index is 10500. The van der Waals surface area contributed by atoms with E-state index in [4.69, 9.17) is 34.0 Å². The summed E-state index contributed by atoms with van der Waals surface area (Å²) in [6.45, 7) is 12.3. The Balaban J connectivity index is 0.00000136. The molecule has 5 nitrogen and oxygen atoms in total. The molecule has 2 saturated heterocycles. The van der Waals surface area contributed by atoms with Crippen molar-refractivity contribution in [3.63, 3.8) is 0 Å². The van der Waals surface area contributed by atoms with E-state index in [1.807, 2.05) is 896 Å². The average Bonchev–Trinajstić information content (AvgIpc) is 1.11. The van der Waals surface area contributed by atoms with E-state index in [0.717, 1.165) is 50.6 Å². The summed E-state index contributed by atoms with van der Waals surface area (Å²) in [4.78, 5) is 31.8. The first kappa shape index (κ1) is 168. The van der Waals surface area contributed by atoms with E-state index in [0.29, 0.717) is 12.3 Å². The van der Waals surface area contributed by atoms with Gasteiger partial charge in [-0.3, -0.25) is 14.5 Å². The van der Waals surface area contributed by atoms with Crippen LogP contribution in [0.2, 0.25) is 5.02 Å². The zero-order valence-electron chi connectivity index (χ0n) is 68.3. The molecule has 0 N–H and O–H groups in total. The minimum Gasteiger partial charge on any atom is -0.343 e. The van der Waals surface area contributed by atoms with E-state index in [1.54, 1.807) is 125 Å². The largest absolute Gasteiger partial charge is 0.343 e. The van der Waals surface area contributed by atoms with Crippen LogP contribution < -0.4 is 0 Å². The van der Waals surface area contributed by atoms with Gasteiger partial charge in [-0.1, -0.05) is 44.5 Å². The van der Waals surface area contributed by atoms with Gasteiger partial charge in [0.05, 0.1) is 6.04 Å². The van der Waals surface area contributed by atoms with Crippen LogP contribution in [0.4, 0.5) is 0 Å². The number of piperazine rings is 1. The molecule has 4 rings (SSSR count). The molecule has 1 unspecified atom stereocenters. The van der Waals surface area contributed by atoms with Crippen molar-refractivity contribution in [1.82, 2.24) is 14.7 Å². The van der Waals surface area contributed by atoms with E-state index < -0.39 is 0 Å². The molecule has 2 aliphatic heterocycles. The Labute approximate surface area is 1210 Å². The number of likely N-dealkylation sites (tertiary alicyclic amines) is 1. The minimum absolute atomic E-state index is 0.0362. The predicted molar refractivity (Wildman–Crippen MR) is 991 cm³/mol. The molecule has 2 atom stereocenters. The lowest BCUT2D eigenvalue weighted by Crippen LogP contribution is -2.60. The second kappa shape index (κ2) is 138. The normalized spacial score (nSPS) is 11.0. The lowest BCUT2D eigenvalue weighted by molar-refractivity contribution is -0.141. The van der Waals surface area contributed by atoms with E-state index >= 15 is 0 Å². The Morgan fingerprint density at radius 2 is 0.453 bits per heavy atom. The van der Waals surface area contributed by atoms with E-state index in [9.17, 15) is 9.59 Å². The van der Waals surface area contributed by atoms with Gasteiger partial charge in [0.2, 0.25) is 11.8 Å². The lowest BCUT2D eigenvalue weighted by Gasteiger charge is -2.49. The topological polar surface area (TPSA) is 43.9 Å². The number of carbonyl (C=O) groups is 2. The third kappa shape index (κ3) is 118. The molecule has 122 heteroatoms. The maximum absolute atomic E-state index is 13.6. The van der Waals surface area contributed by atoms with Crippen LogP contribution in [0.25, 0.3) is 0 Å². The van der Waals surface area contributed by atoms with Crippen molar-refractivity contribution in [2.75, 3.05) is 32.7 Å². The van der Waals surface area contributed by atoms with Gasteiger partial charge in [-0.25, -0.2) is 0 Å². The van der Waals surface area contributed by atoms with E-state index in [2.05, 4.69) is 59.5 Å². The molecular weight excluding hydrogens is 4170 g/mol. The van der Waals surface area contributed by atoms with Crippen molar-refractivity contribution < 1.29 is 9.59 Å². The molecule has 0 aliphatic carbocycles. The molecule has 2 aliphatic rings. The molecule has 2 amide bonds. The summed E-state index contributed by atoms with van der Waals surface area (Å²) < 4.78 is 0. The molecule has 2 fully saturated rings. The van der Waals surface area contributed by atoms with Crippen LogP contribution in [-0.2, 0) is 1040 Å². The third-order valence-electron chi connectivity index (χ3n) is 10.8. The first-order valence-electron chi connectivity index (χ1n) is 31.7. The number of hydrogen-bond donors (Lipinski definition) is 0. The van der Waals surface area contributed by atoms with Crippen LogP contribution in [0.3, 0.4) is 0 Å². The summed E-state index contributed by atoms with van der Waals surface area (Å²) in [5.74, 6) is 0.772. The molecular formula is C28H38ClN3O2S116. The Hall–Kier alpha value is 23.4. The van der Waals surface area contributed by atoms with Crippen LogP contribution in [0.1, 0.15) is 64.1 Å². The molecule has 3 heterocycles. The van der Waals surface area contributed by atoms with Crippen LogP contribution in [0.15, 0.2) is 41.1 Å². The van der Waals surface area contributed by atoms with Gasteiger partial charge < -0.3 is 9.80 Å². The van der Waals surface area contributed by atoms with Crippen molar-refractivity contribution in [1.29, 1.82) is 0 Å². The van der Waals surface area contributed by atoms with Gasteiger partial charge in [-0.05, 0) is 64.3 Å². The van der Waals surface area contributed by atoms with Crippen molar-refractivity contribution >= 4 is 1060 Å². The van der Waals surface area contributed by atoms with Gasteiger partial charge in [0.25, 0.3) is 0 Å². The number of thiophene rings is 1. The number of carbonyl (C=O) groups excluding carboxylic acids is 2. The highest BCUT2D eigenvalue weighted by molar-refractivity contribution is 8.89. The Morgan fingerprint density at radius 1 is 0.273 bits per heavy atom. The average molecular weight is 4200 g/mol. The molecule has 1 aromatic carbocycles. The fourth-order valence-corrected chi connectivity index (χ4v) is 312. The number of halogens is 1. The third-order valence-corrected chi connectivity index (χ3v) is 261. The van der Waals surface area contributed by atoms with E-state index in [-0.39, 0.29) is 29.3 Å². The maximum Gasteiger partial charge on any atom is 0.223 e. The summed E-state index contributed by atoms with van der Waals surface area (Å²) in [6.07, 6.45) is 2.42. The van der Waals surface area contributed by atoms with Crippen LogP contribution in [0, 0.1) is 11.3 Å². The minimum atomic E-state index is -0.0362. The zero-order chi connectivity index (χ0) is 107. The fraction of sp³-hybridized carbons (Fsp3) is 0.571. The molecule has 880 valence electrons. The second-order valence-corrected chi connectivity index (χ2v) is 220. The smallest absolute Gasteiger partial charge is 0.223 e. The Kier molecular flexibility index (Phi) is 154. The van der Waals surface area contributed by atoms with Crippen molar-refractivity contribution in [3.8, 4) is 0 Å². The quantitative estimate of drug-likeness (QED) is 0.401. The lowest BCUT2D eigenvalue weighted by atomic mass is 9.82. The molecule has 0 bridgehead atoms. The van der Waals surface area contributed by atoms with Gasteiger partial charge >= 0.3 is 0 Å². The van der Waals surface area contributed by atoms with Crippen LogP contribution in [0.5, 0.6) is 0 Å². The number of nitrogens with zero attached hydrogens (tertiary/aromatic N) is 3. The highest BCUT2D eigenvalue weighted by atomic mass is 35.5. The fourth-order valence-electron chi connectivity index (χ4n) is 6.84. The highest BCUT2D eigenvalue weighted by Crippen LogP contribution is 2.37. The van der Waals surface area contributed by atoms with Crippen molar-refractivity contribution in [2.24, 2.45) is 11.3 Å². The molecule has 0 radical (unpaired) electrons. The van der Waals surface area contributed by atoms with Gasteiger partial charge in [-0.15, -0.1) is 0 Å². The van der Waals surface area contributed by atoms with Crippen molar-refractivity contribution in [2.45, 2.75) is 59.0 Å². The molecule has 150 heavy (non-hydrogen) atoms. The van der Waals surface area contributed by atoms with Crippen LogP contribution in [-0.4, -0.2) is 65.3 Å². The molecule has 0 spiro atoms. The first-order chi connectivity index (χ1) is 74.0. The van der Waals surface area contributed by atoms with Crippen LogP contribution >= 0.6 is 22.9 Å². The molecule has 1 aromatic heterocycles. The number of amides is 2. The number of benzene rings is 1. The summed E-state index contributed by atoms with van der Waals surface area (Å²) in [5.41, 5.74) is 2.49. The molecule has 0 saturated carbocycles.